The highest BCUT2D eigenvalue weighted by molar-refractivity contribution is 5.94. The van der Waals surface area contributed by atoms with Crippen LogP contribution < -0.4 is 15.0 Å². The van der Waals surface area contributed by atoms with Crippen LogP contribution in [-0.4, -0.2) is 86.6 Å². The third-order valence-electron chi connectivity index (χ3n) is 6.84. The van der Waals surface area contributed by atoms with Gasteiger partial charge in [0.2, 0.25) is 0 Å². The molecule has 42 heavy (non-hydrogen) atoms. The molecule has 234 valence electrons. The van der Waals surface area contributed by atoms with Crippen molar-refractivity contribution in [3.8, 4) is 11.5 Å². The molecule has 2 aliphatic rings. The van der Waals surface area contributed by atoms with E-state index in [1.54, 1.807) is 31.2 Å². The molecule has 1 aromatic carbocycles. The molecule has 1 fully saturated rings. The number of carbonyl (C=O) groups excluding carboxylic acids is 2. The van der Waals surface area contributed by atoms with Gasteiger partial charge in [-0.25, -0.2) is 4.79 Å². The van der Waals surface area contributed by atoms with Gasteiger partial charge in [0.25, 0.3) is 5.91 Å². The summed E-state index contributed by atoms with van der Waals surface area (Å²) >= 11 is 0. The SMILES string of the molecule is CCOCOc1cc2c(c(OCOCC)c1)C(=O)O[C@H](C)CC=C[C@H](O)CC=CC(NOCC(=O)N1CCCCC1)C2. The van der Waals surface area contributed by atoms with Crippen molar-refractivity contribution in [3.05, 3.63) is 47.6 Å². The molecule has 0 saturated carbocycles. The van der Waals surface area contributed by atoms with E-state index in [-0.39, 0.29) is 43.8 Å². The number of ether oxygens (including phenoxy) is 5. The zero-order valence-corrected chi connectivity index (χ0v) is 25.0. The first kappa shape index (κ1) is 33.5. The molecule has 0 spiro atoms. The van der Waals surface area contributed by atoms with E-state index in [2.05, 4.69) is 5.48 Å². The summed E-state index contributed by atoms with van der Waals surface area (Å²) in [5, 5.41) is 10.4. The van der Waals surface area contributed by atoms with Crippen LogP contribution >= 0.6 is 0 Å². The monoisotopic (exact) mass is 590 g/mol. The normalized spacial score (nSPS) is 21.8. The van der Waals surface area contributed by atoms with E-state index < -0.39 is 24.2 Å². The minimum Gasteiger partial charge on any atom is -0.467 e. The number of likely N-dealkylation sites (tertiary alicyclic amines) is 1. The molecule has 0 aromatic heterocycles. The zero-order valence-electron chi connectivity index (χ0n) is 25.0. The maximum atomic E-state index is 13.6. The first-order valence-corrected chi connectivity index (χ1v) is 14.9. The molecule has 1 saturated heterocycles. The standard InChI is InChI=1S/C31H46N2O9/c1-4-37-21-39-27-18-24-17-25(32-41-20-29(35)33-15-7-6-8-16-33)12-10-14-26(34)13-9-11-23(3)42-31(36)30(24)28(19-27)40-22-38-5-2/h9-10,12-13,18-19,23,25-26,32,34H,4-8,11,14-17,20-22H2,1-3H3/t23-,25?,26+/m1/s1. The number of cyclic esters (lactones) is 1. The summed E-state index contributed by atoms with van der Waals surface area (Å²) in [7, 11) is 0. The Morgan fingerprint density at radius 3 is 2.48 bits per heavy atom. The summed E-state index contributed by atoms with van der Waals surface area (Å²) in [4.78, 5) is 33.7. The first-order valence-electron chi connectivity index (χ1n) is 14.9. The second kappa shape index (κ2) is 18.6. The van der Waals surface area contributed by atoms with E-state index in [1.165, 1.54) is 0 Å². The number of nitrogens with one attached hydrogen (secondary N) is 1. The van der Waals surface area contributed by atoms with Crippen LogP contribution in [0.5, 0.6) is 11.5 Å². The molecular formula is C31H46N2O9. The highest BCUT2D eigenvalue weighted by Gasteiger charge is 2.25. The van der Waals surface area contributed by atoms with Gasteiger partial charge >= 0.3 is 5.97 Å². The van der Waals surface area contributed by atoms with Gasteiger partial charge in [-0.05, 0) is 64.5 Å². The number of hydrogen-bond acceptors (Lipinski definition) is 10. The van der Waals surface area contributed by atoms with Crippen molar-refractivity contribution in [2.75, 3.05) is 46.5 Å². The number of rotatable bonds is 12. The average Bonchev–Trinajstić information content (AvgIpc) is 2.97. The lowest BCUT2D eigenvalue weighted by Crippen LogP contribution is -2.40. The molecule has 11 nitrogen and oxygen atoms in total. The second-order valence-electron chi connectivity index (χ2n) is 10.2. The van der Waals surface area contributed by atoms with Gasteiger partial charge in [-0.2, -0.15) is 5.48 Å². The van der Waals surface area contributed by atoms with Crippen LogP contribution in [0.15, 0.2) is 36.4 Å². The smallest absolute Gasteiger partial charge is 0.342 e. The van der Waals surface area contributed by atoms with E-state index in [4.69, 9.17) is 28.5 Å². The molecule has 2 heterocycles. The zero-order chi connectivity index (χ0) is 30.2. The molecule has 0 bridgehead atoms. The Morgan fingerprint density at radius 2 is 1.74 bits per heavy atom. The van der Waals surface area contributed by atoms with Crippen LogP contribution in [0.3, 0.4) is 0 Å². The van der Waals surface area contributed by atoms with Crippen LogP contribution in [0.1, 0.15) is 68.8 Å². The van der Waals surface area contributed by atoms with Crippen LogP contribution in [0.2, 0.25) is 0 Å². The Labute approximate surface area is 248 Å². The molecule has 3 atom stereocenters. The highest BCUT2D eigenvalue weighted by Crippen LogP contribution is 2.32. The van der Waals surface area contributed by atoms with Gasteiger partial charge in [0, 0.05) is 38.8 Å². The molecule has 1 unspecified atom stereocenters. The number of carbonyl (C=O) groups is 2. The maximum absolute atomic E-state index is 13.6. The fourth-order valence-electron chi connectivity index (χ4n) is 4.63. The Morgan fingerprint density at radius 1 is 1.02 bits per heavy atom. The van der Waals surface area contributed by atoms with Crippen molar-refractivity contribution < 1.29 is 43.2 Å². The summed E-state index contributed by atoms with van der Waals surface area (Å²) in [5.74, 6) is 0.0590. The van der Waals surface area contributed by atoms with Gasteiger partial charge in [0.1, 0.15) is 29.8 Å². The van der Waals surface area contributed by atoms with Crippen molar-refractivity contribution in [2.24, 2.45) is 0 Å². The molecular weight excluding hydrogens is 544 g/mol. The predicted octanol–water partition coefficient (Wildman–Crippen LogP) is 3.69. The number of nitrogens with zero attached hydrogens (tertiary/aromatic N) is 1. The largest absolute Gasteiger partial charge is 0.467 e. The number of amides is 1. The lowest BCUT2D eigenvalue weighted by Gasteiger charge is -2.27. The van der Waals surface area contributed by atoms with Crippen LogP contribution in [0.4, 0.5) is 0 Å². The van der Waals surface area contributed by atoms with Crippen LogP contribution in [0.25, 0.3) is 0 Å². The Balaban J connectivity index is 1.92. The number of hydrogen-bond donors (Lipinski definition) is 2. The Hall–Kier alpha value is -2.96. The molecule has 1 aromatic rings. The molecule has 2 aliphatic heterocycles. The number of esters is 1. The van der Waals surface area contributed by atoms with Crippen molar-refractivity contribution in [2.45, 2.75) is 77.5 Å². The minimum absolute atomic E-state index is 0.0230. The van der Waals surface area contributed by atoms with E-state index in [0.29, 0.717) is 37.4 Å². The summed E-state index contributed by atoms with van der Waals surface area (Å²) in [6.45, 7) is 7.73. The number of benzene rings is 1. The topological polar surface area (TPSA) is 125 Å². The Bertz CT molecular complexity index is 1040. The van der Waals surface area contributed by atoms with Crippen molar-refractivity contribution in [3.63, 3.8) is 0 Å². The number of piperidine rings is 1. The number of fused-ring (bicyclic) bond motifs is 1. The fraction of sp³-hybridized carbons (Fsp3) is 0.613. The fourth-order valence-corrected chi connectivity index (χ4v) is 4.63. The molecule has 1 amide bonds. The van der Waals surface area contributed by atoms with Gasteiger partial charge in [-0.3, -0.25) is 9.63 Å². The lowest BCUT2D eigenvalue weighted by atomic mass is 9.98. The van der Waals surface area contributed by atoms with Gasteiger partial charge < -0.3 is 33.7 Å². The van der Waals surface area contributed by atoms with Crippen LogP contribution in [-0.2, 0) is 30.3 Å². The van der Waals surface area contributed by atoms with Crippen LogP contribution in [0, 0.1) is 0 Å². The molecule has 0 radical (unpaired) electrons. The number of aliphatic hydroxyl groups excluding tert-OH is 1. The molecule has 11 heteroatoms. The summed E-state index contributed by atoms with van der Waals surface area (Å²) in [5.41, 5.74) is 3.80. The van der Waals surface area contributed by atoms with Gasteiger partial charge in [0.05, 0.1) is 12.1 Å². The van der Waals surface area contributed by atoms with E-state index in [9.17, 15) is 14.7 Å². The summed E-state index contributed by atoms with van der Waals surface area (Å²) < 4.78 is 28.2. The molecule has 3 rings (SSSR count). The van der Waals surface area contributed by atoms with Gasteiger partial charge in [0.15, 0.2) is 13.6 Å². The van der Waals surface area contributed by atoms with Crippen molar-refractivity contribution >= 4 is 11.9 Å². The lowest BCUT2D eigenvalue weighted by molar-refractivity contribution is -0.140. The van der Waals surface area contributed by atoms with Gasteiger partial charge in [-0.15, -0.1) is 0 Å². The maximum Gasteiger partial charge on any atom is 0.342 e. The average molecular weight is 591 g/mol. The quantitative estimate of drug-likeness (QED) is 0.122. The van der Waals surface area contributed by atoms with E-state index in [0.717, 1.165) is 32.4 Å². The number of aliphatic hydroxyl groups is 1. The van der Waals surface area contributed by atoms with Gasteiger partial charge in [-0.1, -0.05) is 24.3 Å². The predicted molar refractivity (Wildman–Crippen MR) is 156 cm³/mol. The summed E-state index contributed by atoms with van der Waals surface area (Å²) in [6.07, 6.45) is 10.2. The third-order valence-corrected chi connectivity index (χ3v) is 6.84. The van der Waals surface area contributed by atoms with Crippen molar-refractivity contribution in [1.82, 2.24) is 10.4 Å². The molecule has 2 N–H and O–H groups in total. The van der Waals surface area contributed by atoms with E-state index in [1.807, 2.05) is 30.9 Å². The summed E-state index contributed by atoms with van der Waals surface area (Å²) in [6, 6.07) is 2.90. The number of hydroxylamine groups is 1. The first-order chi connectivity index (χ1) is 20.4. The molecule has 0 aliphatic carbocycles. The minimum atomic E-state index is -0.696. The third kappa shape index (κ3) is 11.4. The Kier molecular flexibility index (Phi) is 14.8. The second-order valence-corrected chi connectivity index (χ2v) is 10.2. The van der Waals surface area contributed by atoms with E-state index >= 15 is 0 Å². The van der Waals surface area contributed by atoms with Crippen molar-refractivity contribution in [1.29, 1.82) is 0 Å². The highest BCUT2D eigenvalue weighted by atomic mass is 16.7.